The molecule has 2 N–H and O–H groups in total. The monoisotopic (exact) mass is 191 g/mol. The van der Waals surface area contributed by atoms with Gasteiger partial charge in [0.2, 0.25) is 0 Å². The van der Waals surface area contributed by atoms with E-state index in [9.17, 15) is 4.79 Å². The topological polar surface area (TPSA) is 53.1 Å². The fourth-order valence-corrected chi connectivity index (χ4v) is 1.78. The van der Waals surface area contributed by atoms with Crippen molar-refractivity contribution in [1.82, 2.24) is 4.98 Å². The zero-order valence-corrected chi connectivity index (χ0v) is 7.86. The van der Waals surface area contributed by atoms with Crippen molar-refractivity contribution in [2.24, 2.45) is 5.92 Å². The molecule has 0 bridgehead atoms. The third-order valence-electron chi connectivity index (χ3n) is 2.73. The molecule has 1 aliphatic rings. The second-order valence-electron chi connectivity index (χ2n) is 3.65. The summed E-state index contributed by atoms with van der Waals surface area (Å²) < 4.78 is 0. The number of nitrogens with one attached hydrogen (secondary N) is 1. The van der Waals surface area contributed by atoms with Crippen LogP contribution in [0.4, 0.5) is 0 Å². The van der Waals surface area contributed by atoms with Crippen molar-refractivity contribution in [3.63, 3.8) is 0 Å². The minimum atomic E-state index is -0.860. The number of H-pyrrole nitrogens is 1. The molecule has 0 atom stereocenters. The van der Waals surface area contributed by atoms with Gasteiger partial charge in [-0.2, -0.15) is 0 Å². The summed E-state index contributed by atoms with van der Waals surface area (Å²) in [7, 11) is 0. The number of carbonyl (C=O) groups is 1. The van der Waals surface area contributed by atoms with Gasteiger partial charge in [-0.1, -0.05) is 6.42 Å². The Balaban J connectivity index is 2.26. The van der Waals surface area contributed by atoms with Crippen LogP contribution in [0.3, 0.4) is 0 Å². The first-order valence-corrected chi connectivity index (χ1v) is 4.85. The standard InChI is InChI=1S/C11H13NO2/c13-11(14)7-9(8-3-1-4-8)10-5-2-6-12-10/h2,5-8,12H,1,3-4H2,(H,13,14)/b9-7-. The van der Waals surface area contributed by atoms with Crippen molar-refractivity contribution >= 4 is 11.5 Å². The van der Waals surface area contributed by atoms with Crippen molar-refractivity contribution in [2.45, 2.75) is 19.3 Å². The van der Waals surface area contributed by atoms with E-state index in [0.717, 1.165) is 24.1 Å². The van der Waals surface area contributed by atoms with Crippen molar-refractivity contribution in [3.8, 4) is 0 Å². The third-order valence-corrected chi connectivity index (χ3v) is 2.73. The molecule has 0 saturated heterocycles. The van der Waals surface area contributed by atoms with Crippen LogP contribution >= 0.6 is 0 Å². The number of hydrogen-bond acceptors (Lipinski definition) is 1. The molecule has 0 aliphatic heterocycles. The fourth-order valence-electron chi connectivity index (χ4n) is 1.78. The first kappa shape index (κ1) is 9.06. The van der Waals surface area contributed by atoms with E-state index in [0.29, 0.717) is 5.92 Å². The zero-order chi connectivity index (χ0) is 9.97. The SMILES string of the molecule is O=C(O)/C=C(\c1ccc[nH]1)C1CCC1. The highest BCUT2D eigenvalue weighted by atomic mass is 16.4. The lowest BCUT2D eigenvalue weighted by Crippen LogP contribution is -2.14. The Labute approximate surface area is 82.5 Å². The summed E-state index contributed by atoms with van der Waals surface area (Å²) in [5, 5.41) is 8.76. The first-order chi connectivity index (χ1) is 6.77. The second kappa shape index (κ2) is 3.70. The molecule has 1 aromatic rings. The Morgan fingerprint density at radius 3 is 2.79 bits per heavy atom. The number of aromatic amines is 1. The first-order valence-electron chi connectivity index (χ1n) is 4.85. The van der Waals surface area contributed by atoms with Crippen molar-refractivity contribution in [2.75, 3.05) is 0 Å². The lowest BCUT2D eigenvalue weighted by molar-refractivity contribution is -0.131. The summed E-state index contributed by atoms with van der Waals surface area (Å²) in [6, 6.07) is 3.82. The molecule has 74 valence electrons. The molecule has 1 fully saturated rings. The molecule has 1 saturated carbocycles. The maximum atomic E-state index is 10.7. The number of aromatic nitrogens is 1. The van der Waals surface area contributed by atoms with Crippen LogP contribution in [0.2, 0.25) is 0 Å². The van der Waals surface area contributed by atoms with Crippen LogP contribution < -0.4 is 0 Å². The highest BCUT2D eigenvalue weighted by Gasteiger charge is 2.23. The third kappa shape index (κ3) is 1.71. The summed E-state index contributed by atoms with van der Waals surface area (Å²) >= 11 is 0. The molecule has 1 aromatic heterocycles. The van der Waals surface area contributed by atoms with Gasteiger partial charge in [-0.3, -0.25) is 0 Å². The van der Waals surface area contributed by atoms with Gasteiger partial charge in [-0.05, 0) is 36.5 Å². The minimum Gasteiger partial charge on any atom is -0.478 e. The minimum absolute atomic E-state index is 0.435. The number of rotatable bonds is 3. The summed E-state index contributed by atoms with van der Waals surface area (Å²) in [5.74, 6) is -0.425. The molecule has 0 aromatic carbocycles. The summed E-state index contributed by atoms with van der Waals surface area (Å²) in [4.78, 5) is 13.7. The van der Waals surface area contributed by atoms with E-state index in [4.69, 9.17) is 5.11 Å². The molecule has 3 nitrogen and oxygen atoms in total. The van der Waals surface area contributed by atoms with Crippen molar-refractivity contribution < 1.29 is 9.90 Å². The predicted octanol–water partition coefficient (Wildman–Crippen LogP) is 2.28. The van der Waals surface area contributed by atoms with E-state index >= 15 is 0 Å². The van der Waals surface area contributed by atoms with Crippen LogP contribution in [0, 0.1) is 5.92 Å². The number of hydrogen-bond donors (Lipinski definition) is 2. The number of aliphatic carboxylic acids is 1. The van der Waals surface area contributed by atoms with E-state index < -0.39 is 5.97 Å². The average Bonchev–Trinajstić information content (AvgIpc) is 2.49. The number of allylic oxidation sites excluding steroid dienone is 1. The van der Waals surface area contributed by atoms with Gasteiger partial charge in [0, 0.05) is 18.0 Å². The highest BCUT2D eigenvalue weighted by Crippen LogP contribution is 2.37. The Morgan fingerprint density at radius 2 is 2.36 bits per heavy atom. The maximum Gasteiger partial charge on any atom is 0.328 e. The molecule has 0 unspecified atom stereocenters. The lowest BCUT2D eigenvalue weighted by atomic mass is 9.78. The molecular weight excluding hydrogens is 178 g/mol. The molecule has 1 heterocycles. The predicted molar refractivity (Wildman–Crippen MR) is 53.7 cm³/mol. The van der Waals surface area contributed by atoms with Gasteiger partial charge >= 0.3 is 5.97 Å². The van der Waals surface area contributed by atoms with Crippen LogP contribution in [-0.4, -0.2) is 16.1 Å². The van der Waals surface area contributed by atoms with Crippen LogP contribution in [0.25, 0.3) is 5.57 Å². The van der Waals surface area contributed by atoms with Gasteiger partial charge in [0.05, 0.1) is 0 Å². The van der Waals surface area contributed by atoms with Crippen LogP contribution in [0.1, 0.15) is 25.0 Å². The summed E-state index contributed by atoms with van der Waals surface area (Å²) in [6.45, 7) is 0. The Bertz CT molecular complexity index is 347. The molecule has 0 spiro atoms. The van der Waals surface area contributed by atoms with Gasteiger partial charge in [0.25, 0.3) is 0 Å². The van der Waals surface area contributed by atoms with E-state index in [1.54, 1.807) is 0 Å². The number of carboxylic acids is 1. The van der Waals surface area contributed by atoms with E-state index in [-0.39, 0.29) is 0 Å². The molecule has 2 rings (SSSR count). The van der Waals surface area contributed by atoms with E-state index in [1.165, 1.54) is 12.5 Å². The van der Waals surface area contributed by atoms with E-state index in [1.807, 2.05) is 18.3 Å². The van der Waals surface area contributed by atoms with Gasteiger partial charge < -0.3 is 10.1 Å². The molecule has 0 amide bonds. The largest absolute Gasteiger partial charge is 0.478 e. The quantitative estimate of drug-likeness (QED) is 0.720. The Morgan fingerprint density at radius 1 is 1.57 bits per heavy atom. The second-order valence-corrected chi connectivity index (χ2v) is 3.65. The van der Waals surface area contributed by atoms with Gasteiger partial charge in [0.1, 0.15) is 0 Å². The van der Waals surface area contributed by atoms with Gasteiger partial charge in [-0.15, -0.1) is 0 Å². The van der Waals surface area contributed by atoms with Crippen molar-refractivity contribution in [3.05, 3.63) is 30.1 Å². The van der Waals surface area contributed by atoms with Crippen LogP contribution in [0.5, 0.6) is 0 Å². The molecule has 3 heteroatoms. The Kier molecular flexibility index (Phi) is 2.39. The maximum absolute atomic E-state index is 10.7. The van der Waals surface area contributed by atoms with Crippen LogP contribution in [0.15, 0.2) is 24.4 Å². The molecular formula is C11H13NO2. The molecule has 1 aliphatic carbocycles. The lowest BCUT2D eigenvalue weighted by Gasteiger charge is -2.27. The highest BCUT2D eigenvalue weighted by molar-refractivity contribution is 5.90. The summed E-state index contributed by atoms with van der Waals surface area (Å²) in [5.41, 5.74) is 1.88. The zero-order valence-electron chi connectivity index (χ0n) is 7.86. The molecule has 14 heavy (non-hydrogen) atoms. The summed E-state index contributed by atoms with van der Waals surface area (Å²) in [6.07, 6.45) is 6.58. The normalized spacial score (nSPS) is 17.9. The fraction of sp³-hybridized carbons (Fsp3) is 0.364. The smallest absolute Gasteiger partial charge is 0.328 e. The number of carboxylic acid groups (broad SMARTS) is 1. The average molecular weight is 191 g/mol. The van der Waals surface area contributed by atoms with E-state index in [2.05, 4.69) is 4.98 Å². The van der Waals surface area contributed by atoms with Crippen molar-refractivity contribution in [1.29, 1.82) is 0 Å². The van der Waals surface area contributed by atoms with Gasteiger partial charge in [-0.25, -0.2) is 4.79 Å². The van der Waals surface area contributed by atoms with Crippen LogP contribution in [-0.2, 0) is 4.79 Å². The molecule has 0 radical (unpaired) electrons. The Hall–Kier alpha value is -1.51. The van der Waals surface area contributed by atoms with Gasteiger partial charge in [0.15, 0.2) is 0 Å².